The fourth-order valence-electron chi connectivity index (χ4n) is 1.31. The van der Waals surface area contributed by atoms with Crippen molar-refractivity contribution in [2.45, 2.75) is 19.1 Å². The Morgan fingerprint density at radius 1 is 1.22 bits per heavy atom. The molecule has 3 N–H and O–H groups in total. The van der Waals surface area contributed by atoms with Crippen LogP contribution in [0.25, 0.3) is 0 Å². The Kier molecular flexibility index (Phi) is 4.81. The highest BCUT2D eigenvalue weighted by Crippen LogP contribution is 2.21. The van der Waals surface area contributed by atoms with Gasteiger partial charge in [0.15, 0.2) is 5.79 Å². The van der Waals surface area contributed by atoms with Crippen LogP contribution in [0.4, 0.5) is 0 Å². The molecule has 18 heavy (non-hydrogen) atoms. The molecule has 0 aromatic heterocycles. The van der Waals surface area contributed by atoms with E-state index in [0.717, 1.165) is 6.08 Å². The second-order valence-corrected chi connectivity index (χ2v) is 3.72. The smallest absolute Gasteiger partial charge is 0.328 e. The Morgan fingerprint density at radius 3 is 2.39 bits per heavy atom. The van der Waals surface area contributed by atoms with Gasteiger partial charge in [-0.3, -0.25) is 20.4 Å². The van der Waals surface area contributed by atoms with Crippen molar-refractivity contribution < 1.29 is 29.0 Å². The van der Waals surface area contributed by atoms with Gasteiger partial charge in [0.2, 0.25) is 5.91 Å². The zero-order valence-corrected chi connectivity index (χ0v) is 9.76. The minimum atomic E-state index is -1.25. The fraction of sp³-hybridized carbons (Fsp3) is 0.500. The van der Waals surface area contributed by atoms with Crippen molar-refractivity contribution in [2.75, 3.05) is 13.2 Å². The molecule has 1 saturated heterocycles. The van der Waals surface area contributed by atoms with Crippen LogP contribution in [0.2, 0.25) is 0 Å². The number of rotatable bonds is 4. The maximum Gasteiger partial charge on any atom is 0.328 e. The molecular formula is C10H14N2O6. The van der Waals surface area contributed by atoms with Crippen molar-refractivity contribution in [1.29, 1.82) is 0 Å². The van der Waals surface area contributed by atoms with Crippen molar-refractivity contribution in [1.82, 2.24) is 10.9 Å². The summed E-state index contributed by atoms with van der Waals surface area (Å²) >= 11 is 0. The van der Waals surface area contributed by atoms with E-state index in [-0.39, 0.29) is 6.42 Å². The number of hydrogen-bond acceptors (Lipinski definition) is 5. The summed E-state index contributed by atoms with van der Waals surface area (Å²) < 4.78 is 10.4. The average Bonchev–Trinajstić information content (AvgIpc) is 2.70. The lowest BCUT2D eigenvalue weighted by Gasteiger charge is -2.21. The molecule has 1 heterocycles. The van der Waals surface area contributed by atoms with E-state index >= 15 is 0 Å². The van der Waals surface area contributed by atoms with Crippen LogP contribution in [0.1, 0.15) is 13.3 Å². The standard InChI is InChI=1S/C10H14N2O6/c1-10(17-4-5-18-10)6-8(14)12-11-7(13)2-3-9(15)16/h2-3H,4-6H2,1H3,(H,11,13)(H,12,14)(H,15,16)/b3-2+. The third-order valence-electron chi connectivity index (χ3n) is 2.08. The topological polar surface area (TPSA) is 114 Å². The van der Waals surface area contributed by atoms with E-state index in [0.29, 0.717) is 19.3 Å². The van der Waals surface area contributed by atoms with Crippen LogP contribution in [0, 0.1) is 0 Å². The largest absolute Gasteiger partial charge is 0.478 e. The zero-order chi connectivity index (χ0) is 13.6. The molecule has 0 bridgehead atoms. The van der Waals surface area contributed by atoms with Crippen molar-refractivity contribution >= 4 is 17.8 Å². The van der Waals surface area contributed by atoms with Crippen molar-refractivity contribution in [3.8, 4) is 0 Å². The number of hydrogen-bond donors (Lipinski definition) is 3. The number of carbonyl (C=O) groups is 3. The average molecular weight is 258 g/mol. The molecule has 1 aliphatic heterocycles. The Hall–Kier alpha value is -1.93. The Balaban J connectivity index is 2.28. The quantitative estimate of drug-likeness (QED) is 0.437. The highest BCUT2D eigenvalue weighted by molar-refractivity contribution is 5.94. The first-order chi connectivity index (χ1) is 8.41. The Morgan fingerprint density at radius 2 is 1.83 bits per heavy atom. The second-order valence-electron chi connectivity index (χ2n) is 3.72. The summed E-state index contributed by atoms with van der Waals surface area (Å²) in [4.78, 5) is 32.6. The first-order valence-electron chi connectivity index (χ1n) is 5.19. The molecule has 1 rings (SSSR count). The number of carboxylic acid groups (broad SMARTS) is 1. The number of nitrogens with one attached hydrogen (secondary N) is 2. The predicted octanol–water partition coefficient (Wildman–Crippen LogP) is -1.07. The van der Waals surface area contributed by atoms with Gasteiger partial charge in [-0.05, 0) is 6.92 Å². The van der Waals surface area contributed by atoms with Crippen LogP contribution in [0.5, 0.6) is 0 Å². The van der Waals surface area contributed by atoms with Gasteiger partial charge in [-0.2, -0.15) is 0 Å². The first kappa shape index (κ1) is 14.1. The number of aliphatic carboxylic acids is 1. The molecule has 0 aromatic carbocycles. The van der Waals surface area contributed by atoms with Crippen LogP contribution in [-0.4, -0.2) is 41.9 Å². The van der Waals surface area contributed by atoms with Crippen LogP contribution in [-0.2, 0) is 23.9 Å². The highest BCUT2D eigenvalue weighted by atomic mass is 16.7. The Labute approximate surface area is 103 Å². The molecule has 8 nitrogen and oxygen atoms in total. The highest BCUT2D eigenvalue weighted by Gasteiger charge is 2.33. The molecule has 2 amide bonds. The van der Waals surface area contributed by atoms with Gasteiger partial charge in [-0.25, -0.2) is 4.79 Å². The molecule has 0 unspecified atom stereocenters. The van der Waals surface area contributed by atoms with Crippen molar-refractivity contribution in [3.05, 3.63) is 12.2 Å². The summed E-state index contributed by atoms with van der Waals surface area (Å²) in [5.74, 6) is -3.48. The molecule has 100 valence electrons. The summed E-state index contributed by atoms with van der Waals surface area (Å²) in [7, 11) is 0. The third kappa shape index (κ3) is 4.93. The summed E-state index contributed by atoms with van der Waals surface area (Å²) in [6.45, 7) is 2.45. The van der Waals surface area contributed by atoms with E-state index in [1.165, 1.54) is 0 Å². The summed E-state index contributed by atoms with van der Waals surface area (Å²) in [6, 6.07) is 0. The van der Waals surface area contributed by atoms with Crippen LogP contribution < -0.4 is 10.9 Å². The van der Waals surface area contributed by atoms with Crippen LogP contribution in [0.3, 0.4) is 0 Å². The number of carboxylic acids is 1. The molecule has 0 radical (unpaired) electrons. The van der Waals surface area contributed by atoms with Crippen LogP contribution in [0.15, 0.2) is 12.2 Å². The van der Waals surface area contributed by atoms with Crippen LogP contribution >= 0.6 is 0 Å². The lowest BCUT2D eigenvalue weighted by Crippen LogP contribution is -2.44. The Bertz CT molecular complexity index is 373. The molecule has 1 fully saturated rings. The van der Waals surface area contributed by atoms with Gasteiger partial charge in [0, 0.05) is 12.2 Å². The number of ether oxygens (including phenoxy) is 2. The molecule has 0 aliphatic carbocycles. The molecule has 0 atom stereocenters. The molecule has 0 spiro atoms. The molecular weight excluding hydrogens is 244 g/mol. The minimum Gasteiger partial charge on any atom is -0.478 e. The van der Waals surface area contributed by atoms with Crippen molar-refractivity contribution in [2.24, 2.45) is 0 Å². The normalized spacial score (nSPS) is 17.6. The summed E-state index contributed by atoms with van der Waals surface area (Å²) in [5, 5.41) is 8.28. The SMILES string of the molecule is CC1(CC(=O)NNC(=O)/C=C/C(=O)O)OCCO1. The van der Waals surface area contributed by atoms with Crippen molar-refractivity contribution in [3.63, 3.8) is 0 Å². The third-order valence-corrected chi connectivity index (χ3v) is 2.08. The minimum absolute atomic E-state index is 0.0735. The maximum absolute atomic E-state index is 11.4. The molecule has 8 heteroatoms. The first-order valence-corrected chi connectivity index (χ1v) is 5.19. The lowest BCUT2D eigenvalue weighted by molar-refractivity contribution is -0.160. The van der Waals surface area contributed by atoms with E-state index in [4.69, 9.17) is 14.6 Å². The number of amides is 2. The molecule has 0 saturated carbocycles. The van der Waals surface area contributed by atoms with Gasteiger partial charge in [-0.1, -0.05) is 0 Å². The van der Waals surface area contributed by atoms with Gasteiger partial charge >= 0.3 is 5.97 Å². The summed E-state index contributed by atoms with van der Waals surface area (Å²) in [6.07, 6.45) is 1.37. The molecule has 1 aliphatic rings. The predicted molar refractivity (Wildman–Crippen MR) is 58.0 cm³/mol. The lowest BCUT2D eigenvalue weighted by atomic mass is 10.2. The fourth-order valence-corrected chi connectivity index (χ4v) is 1.31. The maximum atomic E-state index is 11.4. The van der Waals surface area contributed by atoms with E-state index < -0.39 is 23.6 Å². The van der Waals surface area contributed by atoms with E-state index in [9.17, 15) is 14.4 Å². The zero-order valence-electron chi connectivity index (χ0n) is 9.76. The van der Waals surface area contributed by atoms with Gasteiger partial charge < -0.3 is 14.6 Å². The van der Waals surface area contributed by atoms with E-state index in [1.807, 2.05) is 5.43 Å². The van der Waals surface area contributed by atoms with Gasteiger partial charge in [-0.15, -0.1) is 0 Å². The van der Waals surface area contributed by atoms with E-state index in [2.05, 4.69) is 5.43 Å². The van der Waals surface area contributed by atoms with E-state index in [1.54, 1.807) is 6.92 Å². The van der Waals surface area contributed by atoms with Gasteiger partial charge in [0.25, 0.3) is 5.91 Å². The summed E-state index contributed by atoms with van der Waals surface area (Å²) in [5.41, 5.74) is 4.14. The second kappa shape index (κ2) is 6.12. The number of hydrazine groups is 1. The molecule has 0 aromatic rings. The number of carbonyl (C=O) groups excluding carboxylic acids is 2. The monoisotopic (exact) mass is 258 g/mol. The van der Waals surface area contributed by atoms with Gasteiger partial charge in [0.1, 0.15) is 0 Å². The van der Waals surface area contributed by atoms with Gasteiger partial charge in [0.05, 0.1) is 19.6 Å².